The smallest absolute Gasteiger partial charge is 0.329 e. The molecular weight excluding hydrogens is 312 g/mol. The number of hydrogen-bond acceptors (Lipinski definition) is 6. The monoisotopic (exact) mass is 328 g/mol. The Morgan fingerprint density at radius 2 is 2.04 bits per heavy atom. The zero-order valence-electron chi connectivity index (χ0n) is 13.1. The molecule has 0 fully saturated rings. The number of aryl methyl sites for hydroxylation is 2. The Morgan fingerprint density at radius 1 is 1.33 bits per heavy atom. The maximum Gasteiger partial charge on any atom is 0.329 e. The molecule has 0 saturated heterocycles. The van der Waals surface area contributed by atoms with Gasteiger partial charge in [-0.2, -0.15) is 10.1 Å². The Bertz CT molecular complexity index is 1030. The lowest BCUT2D eigenvalue weighted by atomic mass is 10.2. The number of fused-ring (bicyclic) bond motifs is 1. The second-order valence-corrected chi connectivity index (χ2v) is 5.13. The zero-order valence-corrected chi connectivity index (χ0v) is 13.1. The standard InChI is InChI=1S/C15H16N6O3/c1-3-21-11-12(20(2)15(24)18-13(11)23)17-14(21)19-16-8-9-4-6-10(22)7-5-9/h4-8,22H,3H2,1-2H3,(H,17,19)(H,18,23,24)/b16-8-. The van der Waals surface area contributed by atoms with E-state index in [9.17, 15) is 14.7 Å². The van der Waals surface area contributed by atoms with Gasteiger partial charge in [0, 0.05) is 13.6 Å². The van der Waals surface area contributed by atoms with Gasteiger partial charge in [-0.25, -0.2) is 10.2 Å². The molecule has 9 heteroatoms. The molecule has 3 rings (SSSR count). The molecule has 2 aromatic heterocycles. The molecule has 3 aromatic rings. The molecule has 0 unspecified atom stereocenters. The lowest BCUT2D eigenvalue weighted by Crippen LogP contribution is -2.29. The van der Waals surface area contributed by atoms with Gasteiger partial charge in [-0.05, 0) is 36.8 Å². The minimum atomic E-state index is -0.521. The van der Waals surface area contributed by atoms with E-state index in [0.29, 0.717) is 18.0 Å². The second-order valence-electron chi connectivity index (χ2n) is 5.13. The minimum Gasteiger partial charge on any atom is -0.508 e. The van der Waals surface area contributed by atoms with Crippen LogP contribution in [0.1, 0.15) is 12.5 Å². The molecule has 1 aromatic carbocycles. The van der Waals surface area contributed by atoms with Crippen molar-refractivity contribution in [2.24, 2.45) is 12.1 Å². The van der Waals surface area contributed by atoms with E-state index in [1.165, 1.54) is 11.6 Å². The predicted octanol–water partition coefficient (Wildman–Crippen LogP) is 0.595. The Kier molecular flexibility index (Phi) is 3.90. The highest BCUT2D eigenvalue weighted by molar-refractivity contribution is 5.80. The Balaban J connectivity index is 1.99. The molecule has 124 valence electrons. The molecule has 0 aliphatic rings. The van der Waals surface area contributed by atoms with Gasteiger partial charge in [0.2, 0.25) is 5.95 Å². The van der Waals surface area contributed by atoms with Crippen LogP contribution < -0.4 is 16.7 Å². The summed E-state index contributed by atoms with van der Waals surface area (Å²) >= 11 is 0. The van der Waals surface area contributed by atoms with E-state index in [2.05, 4.69) is 20.5 Å². The van der Waals surface area contributed by atoms with E-state index in [0.717, 1.165) is 5.56 Å². The van der Waals surface area contributed by atoms with Crippen LogP contribution in [0.2, 0.25) is 0 Å². The summed E-state index contributed by atoms with van der Waals surface area (Å²) in [6, 6.07) is 6.52. The second kappa shape index (κ2) is 6.03. The highest BCUT2D eigenvalue weighted by atomic mass is 16.3. The molecule has 2 heterocycles. The first-order valence-electron chi connectivity index (χ1n) is 7.29. The lowest BCUT2D eigenvalue weighted by molar-refractivity contribution is 0.475. The van der Waals surface area contributed by atoms with Gasteiger partial charge in [-0.1, -0.05) is 0 Å². The summed E-state index contributed by atoms with van der Waals surface area (Å²) in [6.45, 7) is 2.34. The minimum absolute atomic E-state index is 0.174. The first kappa shape index (κ1) is 15.5. The van der Waals surface area contributed by atoms with E-state index >= 15 is 0 Å². The molecule has 0 bridgehead atoms. The summed E-state index contributed by atoms with van der Waals surface area (Å²) in [6.07, 6.45) is 1.56. The van der Waals surface area contributed by atoms with Gasteiger partial charge < -0.3 is 9.67 Å². The van der Waals surface area contributed by atoms with E-state index in [4.69, 9.17) is 0 Å². The quantitative estimate of drug-likeness (QED) is 0.479. The number of nitrogens with one attached hydrogen (secondary N) is 2. The average Bonchev–Trinajstić information content (AvgIpc) is 2.94. The first-order valence-corrected chi connectivity index (χ1v) is 7.29. The summed E-state index contributed by atoms with van der Waals surface area (Å²) < 4.78 is 2.92. The molecule has 9 nitrogen and oxygen atoms in total. The van der Waals surface area contributed by atoms with Gasteiger partial charge in [-0.15, -0.1) is 0 Å². The molecule has 0 spiro atoms. The molecule has 0 atom stereocenters. The number of rotatable bonds is 4. The van der Waals surface area contributed by atoms with Gasteiger partial charge in [0.15, 0.2) is 11.2 Å². The fourth-order valence-corrected chi connectivity index (χ4v) is 2.35. The van der Waals surface area contributed by atoms with Crippen molar-refractivity contribution in [3.63, 3.8) is 0 Å². The number of H-pyrrole nitrogens is 1. The number of aromatic amines is 1. The van der Waals surface area contributed by atoms with E-state index in [-0.39, 0.29) is 11.4 Å². The van der Waals surface area contributed by atoms with Crippen molar-refractivity contribution in [1.29, 1.82) is 0 Å². The van der Waals surface area contributed by atoms with Gasteiger partial charge in [0.25, 0.3) is 5.56 Å². The maximum atomic E-state index is 12.1. The molecule has 3 N–H and O–H groups in total. The Morgan fingerprint density at radius 3 is 2.71 bits per heavy atom. The van der Waals surface area contributed by atoms with Crippen LogP contribution in [0.25, 0.3) is 11.2 Å². The zero-order chi connectivity index (χ0) is 17.3. The third-order valence-electron chi connectivity index (χ3n) is 3.59. The summed E-state index contributed by atoms with van der Waals surface area (Å²) in [7, 11) is 1.54. The molecule has 0 aliphatic heterocycles. The fourth-order valence-electron chi connectivity index (χ4n) is 2.35. The predicted molar refractivity (Wildman–Crippen MR) is 90.6 cm³/mol. The molecule has 0 saturated carbocycles. The Labute approximate surface area is 135 Å². The third-order valence-corrected chi connectivity index (χ3v) is 3.59. The number of phenols is 1. The van der Waals surface area contributed by atoms with E-state index in [1.54, 1.807) is 35.0 Å². The summed E-state index contributed by atoms with van der Waals surface area (Å²) in [5.74, 6) is 0.530. The average molecular weight is 328 g/mol. The van der Waals surface area contributed by atoms with Crippen molar-refractivity contribution in [2.45, 2.75) is 13.5 Å². The van der Waals surface area contributed by atoms with E-state index in [1.807, 2.05) is 6.92 Å². The SMILES string of the molecule is CCn1c(N/N=C\c2ccc(O)cc2)nc2c1c(=O)[nH]c(=O)n2C. The topological polar surface area (TPSA) is 117 Å². The number of imidazole rings is 1. The summed E-state index contributed by atoms with van der Waals surface area (Å²) in [4.78, 5) is 30.3. The number of aromatic nitrogens is 4. The van der Waals surface area contributed by atoms with Crippen LogP contribution in [0.3, 0.4) is 0 Å². The number of anilines is 1. The molecule has 0 radical (unpaired) electrons. The number of aromatic hydroxyl groups is 1. The molecule has 0 amide bonds. The number of benzene rings is 1. The van der Waals surface area contributed by atoms with Crippen molar-refractivity contribution in [3.8, 4) is 5.75 Å². The number of nitrogens with zero attached hydrogens (tertiary/aromatic N) is 4. The lowest BCUT2D eigenvalue weighted by Gasteiger charge is -2.03. The largest absolute Gasteiger partial charge is 0.508 e. The molecular formula is C15H16N6O3. The van der Waals surface area contributed by atoms with Crippen molar-refractivity contribution >= 4 is 23.3 Å². The van der Waals surface area contributed by atoms with Crippen LogP contribution in [-0.2, 0) is 13.6 Å². The maximum absolute atomic E-state index is 12.1. The fraction of sp³-hybridized carbons (Fsp3) is 0.200. The first-order chi connectivity index (χ1) is 11.5. The van der Waals surface area contributed by atoms with Crippen LogP contribution in [0.5, 0.6) is 5.75 Å². The number of hydrazone groups is 1. The van der Waals surface area contributed by atoms with Crippen LogP contribution >= 0.6 is 0 Å². The summed E-state index contributed by atoms with van der Waals surface area (Å²) in [5.41, 5.74) is 3.15. The Hall–Kier alpha value is -3.36. The molecule has 0 aliphatic carbocycles. The highest BCUT2D eigenvalue weighted by Gasteiger charge is 2.15. The van der Waals surface area contributed by atoms with Crippen molar-refractivity contribution in [2.75, 3.05) is 5.43 Å². The number of hydrogen-bond donors (Lipinski definition) is 3. The third kappa shape index (κ3) is 2.67. The van der Waals surface area contributed by atoms with Crippen molar-refractivity contribution < 1.29 is 5.11 Å². The number of phenolic OH excluding ortho intramolecular Hbond substituents is 1. The van der Waals surface area contributed by atoms with Crippen molar-refractivity contribution in [1.82, 2.24) is 19.1 Å². The normalized spacial score (nSPS) is 11.4. The molecule has 24 heavy (non-hydrogen) atoms. The van der Waals surface area contributed by atoms with Crippen LogP contribution in [-0.4, -0.2) is 30.4 Å². The van der Waals surface area contributed by atoms with E-state index < -0.39 is 11.2 Å². The van der Waals surface area contributed by atoms with Crippen LogP contribution in [0.15, 0.2) is 39.0 Å². The van der Waals surface area contributed by atoms with Gasteiger partial charge in [-0.3, -0.25) is 14.3 Å². The van der Waals surface area contributed by atoms with Gasteiger partial charge >= 0.3 is 5.69 Å². The van der Waals surface area contributed by atoms with Gasteiger partial charge in [0.05, 0.1) is 6.21 Å². The van der Waals surface area contributed by atoms with Crippen LogP contribution in [0, 0.1) is 0 Å². The summed E-state index contributed by atoms with van der Waals surface area (Å²) in [5, 5.41) is 13.3. The highest BCUT2D eigenvalue weighted by Crippen LogP contribution is 2.15. The van der Waals surface area contributed by atoms with Crippen LogP contribution in [0.4, 0.5) is 5.95 Å². The van der Waals surface area contributed by atoms with Gasteiger partial charge in [0.1, 0.15) is 5.75 Å². The van der Waals surface area contributed by atoms with Crippen molar-refractivity contribution in [3.05, 3.63) is 50.7 Å².